The van der Waals surface area contributed by atoms with Crippen molar-refractivity contribution in [1.82, 2.24) is 0 Å². The van der Waals surface area contributed by atoms with Gasteiger partial charge >= 0.3 is 5.97 Å². The van der Waals surface area contributed by atoms with Gasteiger partial charge in [-0.15, -0.1) is 0 Å². The number of phenolic OH excluding ortho intramolecular Hbond substituents is 2. The minimum Gasteiger partial charge on any atom is -0.508 e. The molecule has 100 valence electrons. The zero-order valence-electron chi connectivity index (χ0n) is 10.8. The number of phenols is 2. The Morgan fingerprint density at radius 2 is 2.06 bits per heavy atom. The number of ether oxygens (including phenoxy) is 1. The average molecular weight is 252 g/mol. The molecule has 0 aliphatic rings. The van der Waals surface area contributed by atoms with Gasteiger partial charge in [0.05, 0.1) is 0 Å². The highest BCUT2D eigenvalue weighted by Gasteiger charge is 2.17. The molecule has 18 heavy (non-hydrogen) atoms. The van der Waals surface area contributed by atoms with Gasteiger partial charge in [0, 0.05) is 0 Å². The quantitative estimate of drug-likeness (QED) is 0.602. The molecule has 0 saturated carbocycles. The number of benzene rings is 1. The fraction of sp³-hybridized carbons (Fsp3) is 0.500. The Hall–Kier alpha value is -1.71. The number of rotatable bonds is 6. The lowest BCUT2D eigenvalue weighted by atomic mass is 10.1. The lowest BCUT2D eigenvalue weighted by Crippen LogP contribution is -2.17. The van der Waals surface area contributed by atoms with Crippen molar-refractivity contribution in [2.75, 3.05) is 0 Å². The predicted molar refractivity (Wildman–Crippen MR) is 68.8 cm³/mol. The van der Waals surface area contributed by atoms with Gasteiger partial charge in [-0.2, -0.15) is 0 Å². The van der Waals surface area contributed by atoms with Gasteiger partial charge in [0.1, 0.15) is 23.2 Å². The molecule has 1 atom stereocenters. The SMILES string of the molecule is CCCCC(CC)OC(=O)c1cc(O)ccc1O. The highest BCUT2D eigenvalue weighted by atomic mass is 16.5. The molecule has 0 amide bonds. The third-order valence-corrected chi connectivity index (χ3v) is 2.81. The molecule has 1 aromatic rings. The molecule has 0 aliphatic heterocycles. The molecule has 0 heterocycles. The molecule has 0 spiro atoms. The summed E-state index contributed by atoms with van der Waals surface area (Å²) in [5.41, 5.74) is 0.00458. The van der Waals surface area contributed by atoms with Crippen molar-refractivity contribution in [3.05, 3.63) is 23.8 Å². The van der Waals surface area contributed by atoms with E-state index in [1.54, 1.807) is 0 Å². The highest BCUT2D eigenvalue weighted by molar-refractivity contribution is 5.92. The lowest BCUT2D eigenvalue weighted by molar-refractivity contribution is 0.0264. The van der Waals surface area contributed by atoms with Crippen LogP contribution in [-0.2, 0) is 4.74 Å². The van der Waals surface area contributed by atoms with E-state index in [0.717, 1.165) is 25.7 Å². The average Bonchev–Trinajstić information content (AvgIpc) is 2.37. The molecule has 0 bridgehead atoms. The van der Waals surface area contributed by atoms with E-state index in [1.165, 1.54) is 18.2 Å². The van der Waals surface area contributed by atoms with Crippen molar-refractivity contribution in [3.8, 4) is 11.5 Å². The Balaban J connectivity index is 2.71. The predicted octanol–water partition coefficient (Wildman–Crippen LogP) is 3.22. The van der Waals surface area contributed by atoms with Crippen LogP contribution in [0.1, 0.15) is 49.9 Å². The van der Waals surface area contributed by atoms with E-state index < -0.39 is 5.97 Å². The van der Waals surface area contributed by atoms with Crippen LogP contribution in [0.5, 0.6) is 11.5 Å². The molecule has 4 nitrogen and oxygen atoms in total. The summed E-state index contributed by atoms with van der Waals surface area (Å²) in [4.78, 5) is 11.9. The van der Waals surface area contributed by atoms with Crippen LogP contribution in [0.2, 0.25) is 0 Å². The largest absolute Gasteiger partial charge is 0.508 e. The number of carbonyl (C=O) groups is 1. The Morgan fingerprint density at radius 3 is 2.67 bits per heavy atom. The number of carbonyl (C=O) groups excluding carboxylic acids is 1. The minimum atomic E-state index is -0.591. The number of esters is 1. The first kappa shape index (κ1) is 14.4. The van der Waals surface area contributed by atoms with Gasteiger partial charge in [0.15, 0.2) is 0 Å². The zero-order chi connectivity index (χ0) is 13.5. The van der Waals surface area contributed by atoms with Crippen LogP contribution in [0.25, 0.3) is 0 Å². The Labute approximate surface area is 107 Å². The van der Waals surface area contributed by atoms with Crippen molar-refractivity contribution < 1.29 is 19.7 Å². The van der Waals surface area contributed by atoms with E-state index in [1.807, 2.05) is 6.92 Å². The van der Waals surface area contributed by atoms with Crippen molar-refractivity contribution in [2.24, 2.45) is 0 Å². The van der Waals surface area contributed by atoms with Gasteiger partial charge in [-0.3, -0.25) is 0 Å². The van der Waals surface area contributed by atoms with Crippen molar-refractivity contribution in [1.29, 1.82) is 0 Å². The second-order valence-corrected chi connectivity index (χ2v) is 4.28. The topological polar surface area (TPSA) is 66.8 Å². The highest BCUT2D eigenvalue weighted by Crippen LogP contribution is 2.24. The summed E-state index contributed by atoms with van der Waals surface area (Å²) in [5.74, 6) is -0.837. The zero-order valence-corrected chi connectivity index (χ0v) is 10.8. The first-order chi connectivity index (χ1) is 8.58. The second-order valence-electron chi connectivity index (χ2n) is 4.28. The normalized spacial score (nSPS) is 12.1. The monoisotopic (exact) mass is 252 g/mol. The molecular formula is C14H20O4. The summed E-state index contributed by atoms with van der Waals surface area (Å²) in [6.07, 6.45) is 3.46. The molecule has 1 aromatic carbocycles. The fourth-order valence-electron chi connectivity index (χ4n) is 1.68. The number of hydrogen-bond donors (Lipinski definition) is 2. The van der Waals surface area contributed by atoms with Crippen molar-refractivity contribution in [2.45, 2.75) is 45.6 Å². The molecule has 0 saturated heterocycles. The summed E-state index contributed by atoms with van der Waals surface area (Å²) in [6.45, 7) is 4.03. The fourth-order valence-corrected chi connectivity index (χ4v) is 1.68. The first-order valence-corrected chi connectivity index (χ1v) is 6.31. The maximum Gasteiger partial charge on any atom is 0.342 e. The molecule has 0 radical (unpaired) electrons. The van der Waals surface area contributed by atoms with Crippen LogP contribution in [-0.4, -0.2) is 22.3 Å². The van der Waals surface area contributed by atoms with E-state index in [9.17, 15) is 15.0 Å². The molecule has 2 N–H and O–H groups in total. The Bertz CT molecular complexity index is 401. The maximum atomic E-state index is 11.9. The third kappa shape index (κ3) is 3.95. The molecule has 0 fully saturated rings. The summed E-state index contributed by atoms with van der Waals surface area (Å²) in [6, 6.07) is 3.81. The van der Waals surface area contributed by atoms with Crippen LogP contribution in [0, 0.1) is 0 Å². The second kappa shape index (κ2) is 6.89. The molecule has 1 rings (SSSR count). The Morgan fingerprint density at radius 1 is 1.33 bits per heavy atom. The van der Waals surface area contributed by atoms with Crippen molar-refractivity contribution >= 4 is 5.97 Å². The van der Waals surface area contributed by atoms with E-state index in [0.29, 0.717) is 0 Å². The van der Waals surface area contributed by atoms with E-state index in [4.69, 9.17) is 4.74 Å². The number of aromatic hydroxyl groups is 2. The third-order valence-electron chi connectivity index (χ3n) is 2.81. The molecule has 0 aromatic heterocycles. The van der Waals surface area contributed by atoms with Crippen molar-refractivity contribution in [3.63, 3.8) is 0 Å². The van der Waals surface area contributed by atoms with Gasteiger partial charge in [-0.25, -0.2) is 4.79 Å². The van der Waals surface area contributed by atoms with Crippen LogP contribution in [0.15, 0.2) is 18.2 Å². The summed E-state index contributed by atoms with van der Waals surface area (Å²) >= 11 is 0. The number of unbranched alkanes of at least 4 members (excludes halogenated alkanes) is 1. The molecule has 4 heteroatoms. The number of hydrogen-bond acceptors (Lipinski definition) is 4. The summed E-state index contributed by atoms with van der Waals surface area (Å²) in [5, 5.41) is 18.9. The smallest absolute Gasteiger partial charge is 0.342 e. The molecule has 1 unspecified atom stereocenters. The van der Waals surface area contributed by atoms with Gasteiger partial charge in [-0.05, 0) is 31.0 Å². The van der Waals surface area contributed by atoms with E-state index in [2.05, 4.69) is 6.92 Å². The van der Waals surface area contributed by atoms with E-state index in [-0.39, 0.29) is 23.2 Å². The van der Waals surface area contributed by atoms with Crippen LogP contribution in [0.4, 0.5) is 0 Å². The minimum absolute atomic E-state index is 0.00458. The standard InChI is InChI=1S/C14H20O4/c1-3-5-6-11(4-2)18-14(17)12-9-10(15)7-8-13(12)16/h7-9,11,15-16H,3-6H2,1-2H3. The molecule has 0 aliphatic carbocycles. The van der Waals surface area contributed by atoms with Gasteiger partial charge in [0.25, 0.3) is 0 Å². The Kier molecular flexibility index (Phi) is 5.49. The van der Waals surface area contributed by atoms with Crippen LogP contribution < -0.4 is 0 Å². The first-order valence-electron chi connectivity index (χ1n) is 6.31. The van der Waals surface area contributed by atoms with Crippen LogP contribution >= 0.6 is 0 Å². The van der Waals surface area contributed by atoms with E-state index >= 15 is 0 Å². The van der Waals surface area contributed by atoms with Gasteiger partial charge in [0.2, 0.25) is 0 Å². The summed E-state index contributed by atoms with van der Waals surface area (Å²) in [7, 11) is 0. The summed E-state index contributed by atoms with van der Waals surface area (Å²) < 4.78 is 5.31. The maximum absolute atomic E-state index is 11.9. The van der Waals surface area contributed by atoms with Gasteiger partial charge < -0.3 is 14.9 Å². The lowest BCUT2D eigenvalue weighted by Gasteiger charge is -2.16. The molecular weight excluding hydrogens is 232 g/mol. The van der Waals surface area contributed by atoms with Crippen LogP contribution in [0.3, 0.4) is 0 Å². The van der Waals surface area contributed by atoms with Gasteiger partial charge in [-0.1, -0.05) is 26.7 Å².